The van der Waals surface area contributed by atoms with E-state index in [1.807, 2.05) is 32.0 Å². The van der Waals surface area contributed by atoms with Crippen LogP contribution in [-0.2, 0) is 10.0 Å². The normalized spacial score (nSPS) is 11.2. The van der Waals surface area contributed by atoms with Gasteiger partial charge in [0, 0.05) is 0 Å². The van der Waals surface area contributed by atoms with Crippen LogP contribution in [0, 0.1) is 13.8 Å². The molecule has 0 aliphatic carbocycles. The molecule has 0 aliphatic rings. The minimum atomic E-state index is -3.64. The fraction of sp³-hybridized carbons (Fsp3) is 0.200. The summed E-state index contributed by atoms with van der Waals surface area (Å²) in [7, 11) is -2.11. The van der Waals surface area contributed by atoms with Gasteiger partial charge in [-0.25, -0.2) is 8.42 Å². The summed E-state index contributed by atoms with van der Waals surface area (Å²) in [5.41, 5.74) is 2.38. The lowest BCUT2D eigenvalue weighted by atomic mass is 10.1. The van der Waals surface area contributed by atoms with Crippen LogP contribution >= 0.6 is 15.9 Å². The predicted octanol–water partition coefficient (Wildman–Crippen LogP) is 3.88. The van der Waals surface area contributed by atoms with Gasteiger partial charge < -0.3 is 4.74 Å². The SMILES string of the molecule is COc1ccc(S(=O)(=O)Nc2c(C)cccc2C)cc1Br. The number of para-hydroxylation sites is 1. The monoisotopic (exact) mass is 369 g/mol. The van der Waals surface area contributed by atoms with Crippen LogP contribution < -0.4 is 9.46 Å². The van der Waals surface area contributed by atoms with Gasteiger partial charge in [-0.05, 0) is 59.1 Å². The van der Waals surface area contributed by atoms with Crippen molar-refractivity contribution in [2.24, 2.45) is 0 Å². The van der Waals surface area contributed by atoms with Gasteiger partial charge in [-0.3, -0.25) is 4.72 Å². The van der Waals surface area contributed by atoms with Gasteiger partial charge in [-0.15, -0.1) is 0 Å². The molecule has 112 valence electrons. The molecule has 2 aromatic rings. The molecule has 0 radical (unpaired) electrons. The molecule has 0 fully saturated rings. The molecular weight excluding hydrogens is 354 g/mol. The lowest BCUT2D eigenvalue weighted by Gasteiger charge is -2.14. The molecule has 0 aromatic heterocycles. The zero-order valence-electron chi connectivity index (χ0n) is 12.0. The van der Waals surface area contributed by atoms with Crippen molar-refractivity contribution in [3.05, 3.63) is 52.0 Å². The predicted molar refractivity (Wildman–Crippen MR) is 87.4 cm³/mol. The molecule has 0 saturated carbocycles. The van der Waals surface area contributed by atoms with E-state index in [9.17, 15) is 8.42 Å². The summed E-state index contributed by atoms with van der Waals surface area (Å²) >= 11 is 3.30. The zero-order valence-corrected chi connectivity index (χ0v) is 14.4. The van der Waals surface area contributed by atoms with Crippen molar-refractivity contribution in [2.75, 3.05) is 11.8 Å². The minimum absolute atomic E-state index is 0.179. The Balaban J connectivity index is 2.41. The van der Waals surface area contributed by atoms with Gasteiger partial charge in [0.1, 0.15) is 5.75 Å². The molecule has 0 atom stereocenters. The van der Waals surface area contributed by atoms with Crippen molar-refractivity contribution < 1.29 is 13.2 Å². The topological polar surface area (TPSA) is 55.4 Å². The summed E-state index contributed by atoms with van der Waals surface area (Å²) in [4.78, 5) is 0.179. The standard InChI is InChI=1S/C15H16BrNO3S/c1-10-5-4-6-11(2)15(10)17-21(18,19)12-7-8-14(20-3)13(16)9-12/h4-9,17H,1-3H3. The molecule has 2 aromatic carbocycles. The number of hydrogen-bond acceptors (Lipinski definition) is 3. The van der Waals surface area contributed by atoms with E-state index in [2.05, 4.69) is 20.7 Å². The first-order valence-electron chi connectivity index (χ1n) is 6.27. The Bertz CT molecular complexity index is 752. The zero-order chi connectivity index (χ0) is 15.6. The second-order valence-corrected chi connectivity index (χ2v) is 7.21. The average Bonchev–Trinajstić information content (AvgIpc) is 2.43. The van der Waals surface area contributed by atoms with Crippen LogP contribution in [0.4, 0.5) is 5.69 Å². The van der Waals surface area contributed by atoms with Crippen LogP contribution in [0.25, 0.3) is 0 Å². The van der Waals surface area contributed by atoms with E-state index in [0.717, 1.165) is 11.1 Å². The molecule has 0 aliphatic heterocycles. The summed E-state index contributed by atoms with van der Waals surface area (Å²) in [6.45, 7) is 3.74. The van der Waals surface area contributed by atoms with Gasteiger partial charge >= 0.3 is 0 Å². The van der Waals surface area contributed by atoms with E-state index in [-0.39, 0.29) is 4.90 Å². The third kappa shape index (κ3) is 3.39. The first kappa shape index (κ1) is 15.9. The lowest BCUT2D eigenvalue weighted by molar-refractivity contribution is 0.411. The number of hydrogen-bond donors (Lipinski definition) is 1. The third-order valence-corrected chi connectivity index (χ3v) is 5.12. The van der Waals surface area contributed by atoms with Crippen molar-refractivity contribution in [1.29, 1.82) is 0 Å². The molecular formula is C15H16BrNO3S. The van der Waals surface area contributed by atoms with E-state index in [0.29, 0.717) is 15.9 Å². The fourth-order valence-electron chi connectivity index (χ4n) is 1.98. The maximum atomic E-state index is 12.5. The van der Waals surface area contributed by atoms with E-state index < -0.39 is 10.0 Å². The highest BCUT2D eigenvalue weighted by atomic mass is 79.9. The minimum Gasteiger partial charge on any atom is -0.496 e. The van der Waals surface area contributed by atoms with Crippen LogP contribution in [0.2, 0.25) is 0 Å². The number of halogens is 1. The fourth-order valence-corrected chi connectivity index (χ4v) is 3.90. The Kier molecular flexibility index (Phi) is 4.58. The molecule has 0 bridgehead atoms. The molecule has 6 heteroatoms. The van der Waals surface area contributed by atoms with E-state index in [4.69, 9.17) is 4.74 Å². The molecule has 0 amide bonds. The Morgan fingerprint density at radius 1 is 1.10 bits per heavy atom. The average molecular weight is 370 g/mol. The number of aryl methyl sites for hydroxylation is 2. The Labute approximate surface area is 133 Å². The van der Waals surface area contributed by atoms with Gasteiger partial charge in [0.25, 0.3) is 10.0 Å². The smallest absolute Gasteiger partial charge is 0.261 e. The first-order valence-corrected chi connectivity index (χ1v) is 8.55. The molecule has 2 rings (SSSR count). The second-order valence-electron chi connectivity index (χ2n) is 4.67. The number of anilines is 1. The van der Waals surface area contributed by atoms with E-state index in [1.165, 1.54) is 19.2 Å². The number of methoxy groups -OCH3 is 1. The van der Waals surface area contributed by atoms with Crippen molar-refractivity contribution in [1.82, 2.24) is 0 Å². The number of nitrogens with one attached hydrogen (secondary N) is 1. The lowest BCUT2D eigenvalue weighted by Crippen LogP contribution is -2.14. The summed E-state index contributed by atoms with van der Waals surface area (Å²) in [6, 6.07) is 10.3. The van der Waals surface area contributed by atoms with Crippen molar-refractivity contribution in [2.45, 2.75) is 18.7 Å². The molecule has 0 spiro atoms. The van der Waals surface area contributed by atoms with E-state index in [1.54, 1.807) is 6.07 Å². The van der Waals surface area contributed by atoms with Gasteiger partial charge in [-0.2, -0.15) is 0 Å². The Morgan fingerprint density at radius 3 is 2.24 bits per heavy atom. The quantitative estimate of drug-likeness (QED) is 0.889. The summed E-state index contributed by atoms with van der Waals surface area (Å²) in [5, 5.41) is 0. The molecule has 0 saturated heterocycles. The summed E-state index contributed by atoms with van der Waals surface area (Å²) in [6.07, 6.45) is 0. The van der Waals surface area contributed by atoms with Crippen molar-refractivity contribution in [3.63, 3.8) is 0 Å². The van der Waals surface area contributed by atoms with Crippen molar-refractivity contribution in [3.8, 4) is 5.75 Å². The molecule has 21 heavy (non-hydrogen) atoms. The van der Waals surface area contributed by atoms with E-state index >= 15 is 0 Å². The molecule has 1 N–H and O–H groups in total. The Morgan fingerprint density at radius 2 is 1.71 bits per heavy atom. The van der Waals surface area contributed by atoms with Crippen LogP contribution in [0.3, 0.4) is 0 Å². The number of sulfonamides is 1. The molecule has 4 nitrogen and oxygen atoms in total. The summed E-state index contributed by atoms with van der Waals surface area (Å²) < 4.78 is 33.3. The van der Waals surface area contributed by atoms with Gasteiger partial charge in [0.15, 0.2) is 0 Å². The molecule has 0 unspecified atom stereocenters. The first-order chi connectivity index (χ1) is 9.85. The number of rotatable bonds is 4. The highest BCUT2D eigenvalue weighted by Gasteiger charge is 2.17. The molecule has 0 heterocycles. The van der Waals surface area contributed by atoms with Gasteiger partial charge in [0.05, 0.1) is 22.2 Å². The van der Waals surface area contributed by atoms with Crippen LogP contribution in [0.5, 0.6) is 5.75 Å². The third-order valence-electron chi connectivity index (χ3n) is 3.15. The largest absolute Gasteiger partial charge is 0.496 e. The second kappa shape index (κ2) is 6.07. The van der Waals surface area contributed by atoms with Gasteiger partial charge in [0.2, 0.25) is 0 Å². The van der Waals surface area contributed by atoms with Gasteiger partial charge in [-0.1, -0.05) is 18.2 Å². The van der Waals surface area contributed by atoms with Crippen LogP contribution in [0.15, 0.2) is 45.8 Å². The maximum Gasteiger partial charge on any atom is 0.261 e. The highest BCUT2D eigenvalue weighted by molar-refractivity contribution is 9.10. The summed E-state index contributed by atoms with van der Waals surface area (Å²) in [5.74, 6) is 0.584. The maximum absolute atomic E-state index is 12.5. The van der Waals surface area contributed by atoms with Crippen LogP contribution in [0.1, 0.15) is 11.1 Å². The number of ether oxygens (including phenoxy) is 1. The van der Waals surface area contributed by atoms with Crippen molar-refractivity contribution >= 4 is 31.6 Å². The van der Waals surface area contributed by atoms with Crippen LogP contribution in [-0.4, -0.2) is 15.5 Å². The Hall–Kier alpha value is -1.53. The number of benzene rings is 2. The highest BCUT2D eigenvalue weighted by Crippen LogP contribution is 2.29.